The molecule has 1 fully saturated rings. The molecule has 0 aromatic heterocycles. The Balaban J connectivity index is 1.98. The number of carbonyl (C=O) groups excluding carboxylic acids is 1. The van der Waals surface area contributed by atoms with Crippen LogP contribution in [0.1, 0.15) is 6.42 Å². The monoisotopic (exact) mass is 189 g/mol. The first-order valence-electron chi connectivity index (χ1n) is 4.84. The summed E-state index contributed by atoms with van der Waals surface area (Å²) in [4.78, 5) is 11.2. The molecule has 72 valence electrons. The van der Waals surface area contributed by atoms with E-state index in [1.54, 1.807) is 0 Å². The minimum absolute atomic E-state index is 0.0103. The maximum atomic E-state index is 11.2. The summed E-state index contributed by atoms with van der Waals surface area (Å²) in [5.74, 6) is 0.0888. The van der Waals surface area contributed by atoms with Crippen LogP contribution in [0, 0.1) is 0 Å². The van der Waals surface area contributed by atoms with Gasteiger partial charge in [0.15, 0.2) is 0 Å². The van der Waals surface area contributed by atoms with Crippen LogP contribution in [0.25, 0.3) is 0 Å². The van der Waals surface area contributed by atoms with Crippen molar-refractivity contribution in [2.45, 2.75) is 18.6 Å². The van der Waals surface area contributed by atoms with Crippen molar-refractivity contribution in [1.82, 2.24) is 5.32 Å². The maximum Gasteiger partial charge on any atom is 0.223 e. The van der Waals surface area contributed by atoms with E-state index >= 15 is 0 Å². The van der Waals surface area contributed by atoms with Crippen molar-refractivity contribution >= 4 is 5.91 Å². The van der Waals surface area contributed by atoms with Gasteiger partial charge in [-0.25, -0.2) is 0 Å². The van der Waals surface area contributed by atoms with E-state index in [0.717, 1.165) is 0 Å². The predicted molar refractivity (Wildman–Crippen MR) is 51.6 cm³/mol. The lowest BCUT2D eigenvalue weighted by Gasteiger charge is -2.20. The molecule has 14 heavy (non-hydrogen) atoms. The van der Waals surface area contributed by atoms with Gasteiger partial charge in [-0.15, -0.1) is 0 Å². The van der Waals surface area contributed by atoms with Gasteiger partial charge in [-0.2, -0.15) is 0 Å². The van der Waals surface area contributed by atoms with E-state index in [9.17, 15) is 4.79 Å². The fourth-order valence-corrected chi connectivity index (χ4v) is 2.20. The first kappa shape index (κ1) is 8.00. The number of allylic oxidation sites excluding steroid dienone is 2. The summed E-state index contributed by atoms with van der Waals surface area (Å²) in [6.45, 7) is 0.646. The van der Waals surface area contributed by atoms with Crippen LogP contribution < -0.4 is 5.32 Å². The van der Waals surface area contributed by atoms with Crippen molar-refractivity contribution in [3.63, 3.8) is 0 Å². The molecule has 0 spiro atoms. The van der Waals surface area contributed by atoms with Crippen LogP contribution in [-0.2, 0) is 9.53 Å². The van der Waals surface area contributed by atoms with Crippen molar-refractivity contribution in [3.8, 4) is 0 Å². The lowest BCUT2D eigenvalue weighted by Crippen LogP contribution is -2.37. The number of fused-ring (bicyclic) bond motifs is 2. The number of rotatable bonds is 0. The zero-order chi connectivity index (χ0) is 9.54. The van der Waals surface area contributed by atoms with E-state index in [4.69, 9.17) is 4.74 Å². The quantitative estimate of drug-likeness (QED) is 0.609. The standard InChI is InChI=1S/C11H11NO2/c13-11-5-10-8(6-12-11)7-3-1-2-4-9(7)14-10/h1-4,9-10H,5-6H2,(H,12,13). The maximum absolute atomic E-state index is 11.2. The molecule has 2 heterocycles. The normalized spacial score (nSPS) is 34.1. The summed E-state index contributed by atoms with van der Waals surface area (Å²) in [6.07, 6.45) is 8.67. The highest BCUT2D eigenvalue weighted by Crippen LogP contribution is 2.33. The molecule has 3 nitrogen and oxygen atoms in total. The number of piperidine rings is 1. The molecule has 2 aliphatic heterocycles. The first-order chi connectivity index (χ1) is 6.84. The Kier molecular flexibility index (Phi) is 1.61. The van der Waals surface area contributed by atoms with Gasteiger partial charge in [0.1, 0.15) is 6.10 Å². The Morgan fingerprint density at radius 1 is 1.43 bits per heavy atom. The third-order valence-electron chi connectivity index (χ3n) is 2.90. The van der Waals surface area contributed by atoms with Crippen LogP contribution in [0.5, 0.6) is 0 Å². The summed E-state index contributed by atoms with van der Waals surface area (Å²) in [5.41, 5.74) is 2.48. The van der Waals surface area contributed by atoms with Crippen LogP contribution in [0.3, 0.4) is 0 Å². The van der Waals surface area contributed by atoms with Gasteiger partial charge in [-0.05, 0) is 11.1 Å². The molecular weight excluding hydrogens is 178 g/mol. The van der Waals surface area contributed by atoms with Gasteiger partial charge in [0.25, 0.3) is 0 Å². The average Bonchev–Trinajstić information content (AvgIpc) is 2.54. The molecule has 3 aliphatic rings. The zero-order valence-corrected chi connectivity index (χ0v) is 7.69. The summed E-state index contributed by atoms with van der Waals surface area (Å²) < 4.78 is 5.77. The summed E-state index contributed by atoms with van der Waals surface area (Å²) in [7, 11) is 0. The average molecular weight is 189 g/mol. The van der Waals surface area contributed by atoms with E-state index in [2.05, 4.69) is 11.4 Å². The number of ether oxygens (including phenoxy) is 1. The number of hydrogen-bond acceptors (Lipinski definition) is 2. The molecule has 3 heteroatoms. The Labute approximate surface area is 82.1 Å². The highest BCUT2D eigenvalue weighted by molar-refractivity contribution is 5.79. The first-order valence-corrected chi connectivity index (χ1v) is 4.84. The molecule has 0 aromatic carbocycles. The van der Waals surface area contributed by atoms with E-state index in [1.807, 2.05) is 18.2 Å². The van der Waals surface area contributed by atoms with Crippen LogP contribution in [0.2, 0.25) is 0 Å². The number of carbonyl (C=O) groups is 1. The Morgan fingerprint density at radius 2 is 2.36 bits per heavy atom. The highest BCUT2D eigenvalue weighted by Gasteiger charge is 2.36. The molecule has 2 atom stereocenters. The van der Waals surface area contributed by atoms with Crippen molar-refractivity contribution in [2.75, 3.05) is 6.54 Å². The Morgan fingerprint density at radius 3 is 3.29 bits per heavy atom. The molecular formula is C11H11NO2. The van der Waals surface area contributed by atoms with Gasteiger partial charge in [0, 0.05) is 6.54 Å². The lowest BCUT2D eigenvalue weighted by molar-refractivity contribution is -0.124. The number of amides is 1. The number of nitrogens with one attached hydrogen (secondary N) is 1. The summed E-state index contributed by atoms with van der Waals surface area (Å²) >= 11 is 0. The molecule has 0 saturated carbocycles. The van der Waals surface area contributed by atoms with Crippen molar-refractivity contribution in [1.29, 1.82) is 0 Å². The predicted octanol–water partition coefficient (Wildman–Crippen LogP) is 0.696. The molecule has 0 radical (unpaired) electrons. The van der Waals surface area contributed by atoms with Gasteiger partial charge in [0.2, 0.25) is 5.91 Å². The van der Waals surface area contributed by atoms with Crippen LogP contribution in [-0.4, -0.2) is 24.7 Å². The summed E-state index contributed by atoms with van der Waals surface area (Å²) in [5, 5.41) is 2.85. The van der Waals surface area contributed by atoms with Gasteiger partial charge in [0.05, 0.1) is 12.5 Å². The second-order valence-electron chi connectivity index (χ2n) is 3.75. The Bertz CT molecular complexity index is 379. The number of hydrogen-bond donors (Lipinski definition) is 1. The van der Waals surface area contributed by atoms with E-state index in [1.165, 1.54) is 11.1 Å². The third-order valence-corrected chi connectivity index (χ3v) is 2.90. The second-order valence-corrected chi connectivity index (χ2v) is 3.75. The van der Waals surface area contributed by atoms with Crippen LogP contribution in [0.4, 0.5) is 0 Å². The Hall–Kier alpha value is -1.35. The minimum atomic E-state index is 0.0103. The summed E-state index contributed by atoms with van der Waals surface area (Å²) in [6, 6.07) is 0. The lowest BCUT2D eigenvalue weighted by atomic mass is 9.95. The molecule has 1 amide bonds. The van der Waals surface area contributed by atoms with E-state index in [0.29, 0.717) is 13.0 Å². The van der Waals surface area contributed by atoms with Crippen molar-refractivity contribution < 1.29 is 9.53 Å². The molecule has 0 aromatic rings. The molecule has 1 N–H and O–H groups in total. The molecule has 1 aliphatic carbocycles. The molecule has 3 rings (SSSR count). The van der Waals surface area contributed by atoms with Crippen molar-refractivity contribution in [3.05, 3.63) is 35.5 Å². The largest absolute Gasteiger partial charge is 0.361 e. The fourth-order valence-electron chi connectivity index (χ4n) is 2.20. The van der Waals surface area contributed by atoms with Crippen LogP contribution >= 0.6 is 0 Å². The van der Waals surface area contributed by atoms with Gasteiger partial charge in [-0.1, -0.05) is 24.3 Å². The minimum Gasteiger partial charge on any atom is -0.361 e. The van der Waals surface area contributed by atoms with Gasteiger partial charge < -0.3 is 10.1 Å². The van der Waals surface area contributed by atoms with Gasteiger partial charge in [-0.3, -0.25) is 4.79 Å². The molecule has 0 bridgehead atoms. The smallest absolute Gasteiger partial charge is 0.223 e. The van der Waals surface area contributed by atoms with Gasteiger partial charge >= 0.3 is 0 Å². The van der Waals surface area contributed by atoms with Crippen LogP contribution in [0.15, 0.2) is 35.5 Å². The molecule has 2 unspecified atom stereocenters. The van der Waals surface area contributed by atoms with E-state index in [-0.39, 0.29) is 18.1 Å². The van der Waals surface area contributed by atoms with E-state index < -0.39 is 0 Å². The second kappa shape index (κ2) is 2.82. The SMILES string of the molecule is O=C1CC2OC3C=CC=CC3=C2CN1. The highest BCUT2D eigenvalue weighted by atomic mass is 16.5. The fraction of sp³-hybridized carbons (Fsp3) is 0.364. The van der Waals surface area contributed by atoms with Crippen molar-refractivity contribution in [2.24, 2.45) is 0 Å². The third kappa shape index (κ3) is 1.06. The zero-order valence-electron chi connectivity index (χ0n) is 7.69. The topological polar surface area (TPSA) is 38.3 Å². The molecule has 1 saturated heterocycles.